The van der Waals surface area contributed by atoms with Crippen LogP contribution in [0.3, 0.4) is 0 Å². The maximum atomic E-state index is 12.7. The monoisotopic (exact) mass is 272 g/mol. The Labute approximate surface area is 122 Å². The van der Waals surface area contributed by atoms with E-state index >= 15 is 0 Å². The highest BCUT2D eigenvalue weighted by Gasteiger charge is 2.31. The molecular weight excluding hydrogens is 238 g/mol. The normalized spacial score (nSPS) is 21.3. The van der Waals surface area contributed by atoms with Crippen molar-refractivity contribution in [2.45, 2.75) is 65.9 Å². The fourth-order valence-electron chi connectivity index (χ4n) is 1.38. The molecule has 0 radical (unpaired) electrons. The van der Waals surface area contributed by atoms with Gasteiger partial charge in [0, 0.05) is 20.2 Å². The van der Waals surface area contributed by atoms with Crippen molar-refractivity contribution in [1.82, 2.24) is 10.6 Å². The third kappa shape index (κ3) is 8.65. The minimum atomic E-state index is -1.80. The lowest BCUT2D eigenvalue weighted by Gasteiger charge is -2.32. The summed E-state index contributed by atoms with van der Waals surface area (Å²) in [6.07, 6.45) is -1.14. The Morgan fingerprint density at radius 2 is 1.89 bits per heavy atom. The molecule has 2 unspecified atom stereocenters. The first-order valence-electron chi connectivity index (χ1n) is 8.14. The molecule has 0 spiro atoms. The van der Waals surface area contributed by atoms with E-state index in [-0.39, 0.29) is 18.0 Å². The van der Waals surface area contributed by atoms with E-state index in [0.717, 1.165) is 0 Å². The predicted octanol–water partition coefficient (Wildman–Crippen LogP) is 2.16. The maximum absolute atomic E-state index is 12.7. The number of hydrogen-bond donors (Lipinski definition) is 3. The molecule has 112 valence electrons. The second-order valence-corrected chi connectivity index (χ2v) is 6.68. The topological polar surface area (TPSA) is 67.2 Å². The van der Waals surface area contributed by atoms with Crippen LogP contribution in [0.25, 0.3) is 0 Å². The summed E-state index contributed by atoms with van der Waals surface area (Å²) in [5, 5.41) is 5.56. The molecule has 4 nitrogen and oxygen atoms in total. The number of carbonyl (C=O) groups is 1. The molecule has 0 aromatic carbocycles. The lowest BCUT2D eigenvalue weighted by Crippen LogP contribution is -2.51. The van der Waals surface area contributed by atoms with E-state index in [9.17, 15) is 4.79 Å². The Hall–Kier alpha value is -1.03. The van der Waals surface area contributed by atoms with Gasteiger partial charge >= 0.3 is 0 Å². The van der Waals surface area contributed by atoms with Gasteiger partial charge in [0.05, 0.1) is 13.2 Å². The van der Waals surface area contributed by atoms with Gasteiger partial charge in [-0.05, 0) is 33.6 Å². The molecule has 0 bridgehead atoms. The van der Waals surface area contributed by atoms with Crippen LogP contribution in [-0.4, -0.2) is 23.9 Å². The van der Waals surface area contributed by atoms with Crippen LogP contribution in [-0.2, 0) is 4.79 Å². The number of rotatable bonds is 7. The summed E-state index contributed by atoms with van der Waals surface area (Å²) in [7, 11) is 0. The minimum absolute atomic E-state index is 0.0232. The second kappa shape index (κ2) is 6.94. The van der Waals surface area contributed by atoms with E-state index < -0.39 is 29.9 Å². The summed E-state index contributed by atoms with van der Waals surface area (Å²) in [5.74, 6) is -0.234. The van der Waals surface area contributed by atoms with Crippen LogP contribution in [0.1, 0.15) is 58.5 Å². The summed E-state index contributed by atoms with van der Waals surface area (Å²) in [6, 6.07) is -1.80. The van der Waals surface area contributed by atoms with Crippen LogP contribution in [0, 0.1) is 5.41 Å². The molecule has 0 amide bonds. The highest BCUT2D eigenvalue weighted by atomic mass is 16.1. The molecule has 4 heteroatoms. The standard InChI is InChI=1S/C15H31N3O/c1-11(16)17-10-8-9-12(18-15(5,6)7)13(19)14(2,3)4/h12,17-18H,1,8-10,16H2,2-7H3/t12-/m1/s1/i9D,10D,12D/t9?,10?,12-. The zero-order chi connectivity index (χ0) is 17.9. The summed E-state index contributed by atoms with van der Waals surface area (Å²) in [5.41, 5.74) is 4.12. The van der Waals surface area contributed by atoms with E-state index in [1.54, 1.807) is 20.8 Å². The van der Waals surface area contributed by atoms with Crippen molar-refractivity contribution in [2.24, 2.45) is 11.1 Å². The Balaban J connectivity index is 5.40. The molecule has 3 atom stereocenters. The van der Waals surface area contributed by atoms with Crippen molar-refractivity contribution in [2.75, 3.05) is 6.52 Å². The van der Waals surface area contributed by atoms with Gasteiger partial charge in [-0.25, -0.2) is 0 Å². The van der Waals surface area contributed by atoms with E-state index in [0.29, 0.717) is 0 Å². The van der Waals surface area contributed by atoms with Crippen LogP contribution in [0.15, 0.2) is 12.4 Å². The predicted molar refractivity (Wildman–Crippen MR) is 81.7 cm³/mol. The highest BCUT2D eigenvalue weighted by Crippen LogP contribution is 2.20. The molecule has 0 rings (SSSR count). The molecule has 0 aromatic rings. The van der Waals surface area contributed by atoms with Crippen molar-refractivity contribution in [3.63, 3.8) is 0 Å². The summed E-state index contributed by atoms with van der Waals surface area (Å²) in [6.45, 7) is 13.3. The third-order valence-electron chi connectivity index (χ3n) is 2.16. The van der Waals surface area contributed by atoms with Crippen LogP contribution in [0.4, 0.5) is 0 Å². The van der Waals surface area contributed by atoms with Crippen molar-refractivity contribution in [3.8, 4) is 0 Å². The van der Waals surface area contributed by atoms with Gasteiger partial charge in [0.25, 0.3) is 0 Å². The van der Waals surface area contributed by atoms with Crippen molar-refractivity contribution in [1.29, 1.82) is 0 Å². The fraction of sp³-hybridized carbons (Fsp3) is 0.800. The van der Waals surface area contributed by atoms with Gasteiger partial charge in [0.1, 0.15) is 0 Å². The van der Waals surface area contributed by atoms with Gasteiger partial charge in [-0.1, -0.05) is 27.4 Å². The first-order valence-corrected chi connectivity index (χ1v) is 6.49. The largest absolute Gasteiger partial charge is 0.386 e. The van der Waals surface area contributed by atoms with Gasteiger partial charge < -0.3 is 16.4 Å². The molecular formula is C15H31N3O. The molecule has 0 aliphatic carbocycles. The number of hydrogen-bond acceptors (Lipinski definition) is 4. The first kappa shape index (κ1) is 13.0. The van der Waals surface area contributed by atoms with Crippen molar-refractivity contribution >= 4 is 5.78 Å². The van der Waals surface area contributed by atoms with Crippen LogP contribution in [0.5, 0.6) is 0 Å². The smallest absolute Gasteiger partial charge is 0.155 e. The molecule has 19 heavy (non-hydrogen) atoms. The average molecular weight is 272 g/mol. The van der Waals surface area contributed by atoms with E-state index in [1.165, 1.54) is 0 Å². The molecule has 0 fully saturated rings. The lowest BCUT2D eigenvalue weighted by atomic mass is 9.84. The first-order chi connectivity index (χ1) is 9.59. The van der Waals surface area contributed by atoms with E-state index in [1.807, 2.05) is 20.8 Å². The van der Waals surface area contributed by atoms with Gasteiger partial charge in [0.15, 0.2) is 5.78 Å². The Bertz CT molecular complexity index is 415. The Kier molecular flexibility index (Phi) is 4.74. The maximum Gasteiger partial charge on any atom is 0.155 e. The molecule has 0 saturated heterocycles. The van der Waals surface area contributed by atoms with E-state index in [2.05, 4.69) is 17.2 Å². The third-order valence-corrected chi connectivity index (χ3v) is 2.16. The van der Waals surface area contributed by atoms with Gasteiger partial charge in [-0.2, -0.15) is 0 Å². The highest BCUT2D eigenvalue weighted by molar-refractivity contribution is 5.88. The zero-order valence-corrected chi connectivity index (χ0v) is 13.1. The lowest BCUT2D eigenvalue weighted by molar-refractivity contribution is -0.129. The fourth-order valence-corrected chi connectivity index (χ4v) is 1.38. The Morgan fingerprint density at radius 3 is 2.26 bits per heavy atom. The average Bonchev–Trinajstić information content (AvgIpc) is 2.22. The minimum Gasteiger partial charge on any atom is -0.386 e. The Morgan fingerprint density at radius 1 is 1.37 bits per heavy atom. The summed E-state index contributed by atoms with van der Waals surface area (Å²) in [4.78, 5) is 12.7. The van der Waals surface area contributed by atoms with Crippen LogP contribution < -0.4 is 16.4 Å². The van der Waals surface area contributed by atoms with Gasteiger partial charge in [-0.15, -0.1) is 0 Å². The van der Waals surface area contributed by atoms with Crippen LogP contribution >= 0.6 is 0 Å². The molecule has 0 aliphatic rings. The molecule has 0 saturated carbocycles. The molecule has 4 N–H and O–H groups in total. The van der Waals surface area contributed by atoms with Crippen molar-refractivity contribution < 1.29 is 8.91 Å². The zero-order valence-electron chi connectivity index (χ0n) is 16.1. The SMILES string of the molecule is [2H]C(CC([2H])[C@@]([2H])(NC(C)(C)C)C(=O)C(C)(C)C)NC(=C)N. The number of nitrogens with one attached hydrogen (secondary N) is 2. The molecule has 0 aromatic heterocycles. The number of carbonyl (C=O) groups excluding carboxylic acids is 1. The quantitative estimate of drug-likeness (QED) is 0.664. The number of ketones is 1. The van der Waals surface area contributed by atoms with Crippen LogP contribution in [0.2, 0.25) is 0 Å². The summed E-state index contributed by atoms with van der Waals surface area (Å²) >= 11 is 0. The number of nitrogens with two attached hydrogens (primary N) is 1. The van der Waals surface area contributed by atoms with Gasteiger partial charge in [-0.3, -0.25) is 4.79 Å². The van der Waals surface area contributed by atoms with Gasteiger partial charge in [0.2, 0.25) is 0 Å². The molecule has 0 heterocycles. The molecule has 0 aliphatic heterocycles. The number of Topliss-reactive ketones (excluding diaryl/α,β-unsaturated/α-hetero) is 1. The van der Waals surface area contributed by atoms with Crippen molar-refractivity contribution in [3.05, 3.63) is 12.4 Å². The second-order valence-electron chi connectivity index (χ2n) is 6.68. The summed E-state index contributed by atoms with van der Waals surface area (Å²) < 4.78 is 24.7. The van der Waals surface area contributed by atoms with E-state index in [4.69, 9.17) is 9.85 Å².